The summed E-state index contributed by atoms with van der Waals surface area (Å²) in [6.45, 7) is 5.67. The van der Waals surface area contributed by atoms with Gasteiger partial charge in [-0.2, -0.15) is 13.2 Å². The highest BCUT2D eigenvalue weighted by atomic mass is 19.4. The van der Waals surface area contributed by atoms with Crippen LogP contribution in [0.4, 0.5) is 13.2 Å². The van der Waals surface area contributed by atoms with Crippen LogP contribution in [0.1, 0.15) is 82.3 Å². The number of benzene rings is 1. The van der Waals surface area contributed by atoms with Crippen molar-refractivity contribution in [3.8, 4) is 0 Å². The van der Waals surface area contributed by atoms with E-state index in [9.17, 15) is 22.8 Å². The second-order valence-corrected chi connectivity index (χ2v) is 10.4. The lowest BCUT2D eigenvalue weighted by Crippen LogP contribution is -2.50. The third kappa shape index (κ3) is 4.65. The molecule has 4 nitrogen and oxygen atoms in total. The predicted molar refractivity (Wildman–Crippen MR) is 121 cm³/mol. The maximum Gasteiger partial charge on any atom is 0.398 e. The van der Waals surface area contributed by atoms with E-state index in [0.717, 1.165) is 44.3 Å². The topological polar surface area (TPSA) is 49.4 Å². The third-order valence-electron chi connectivity index (χ3n) is 8.43. The highest BCUT2D eigenvalue weighted by Crippen LogP contribution is 2.60. The number of alkyl halides is 3. The molecule has 1 unspecified atom stereocenters. The number of piperidine rings is 1. The van der Waals surface area contributed by atoms with Crippen molar-refractivity contribution < 1.29 is 22.8 Å². The summed E-state index contributed by atoms with van der Waals surface area (Å²) < 4.78 is 40.1. The molecule has 182 valence electrons. The minimum atomic E-state index is -4.17. The van der Waals surface area contributed by atoms with Crippen molar-refractivity contribution in [1.29, 1.82) is 0 Å². The van der Waals surface area contributed by atoms with Crippen LogP contribution in [-0.4, -0.2) is 42.5 Å². The number of rotatable bonds is 7. The molecule has 1 N–H and O–H groups in total. The van der Waals surface area contributed by atoms with Crippen LogP contribution in [-0.2, 0) is 15.0 Å². The molecule has 1 aromatic carbocycles. The van der Waals surface area contributed by atoms with Crippen molar-refractivity contribution in [2.75, 3.05) is 19.6 Å². The van der Waals surface area contributed by atoms with Gasteiger partial charge in [0.2, 0.25) is 11.8 Å². The van der Waals surface area contributed by atoms with Gasteiger partial charge in [0.15, 0.2) is 0 Å². The van der Waals surface area contributed by atoms with E-state index >= 15 is 0 Å². The summed E-state index contributed by atoms with van der Waals surface area (Å²) >= 11 is 0. The minimum Gasteiger partial charge on any atom is -0.355 e. The van der Waals surface area contributed by atoms with Gasteiger partial charge in [0.1, 0.15) is 0 Å². The van der Waals surface area contributed by atoms with Crippen molar-refractivity contribution in [3.05, 3.63) is 35.4 Å². The number of hydrogen-bond donors (Lipinski definition) is 1. The molecule has 2 saturated carbocycles. The average molecular weight is 465 g/mol. The van der Waals surface area contributed by atoms with Crippen molar-refractivity contribution in [1.82, 2.24) is 10.2 Å². The smallest absolute Gasteiger partial charge is 0.355 e. The van der Waals surface area contributed by atoms with E-state index in [0.29, 0.717) is 30.9 Å². The molecular weight excluding hydrogens is 429 g/mol. The number of nitrogens with zero attached hydrogens (tertiary/aromatic N) is 1. The minimum absolute atomic E-state index is 0.0295. The molecule has 1 saturated heterocycles. The van der Waals surface area contributed by atoms with Crippen LogP contribution in [0.15, 0.2) is 24.3 Å². The first-order valence-corrected chi connectivity index (χ1v) is 12.4. The summed E-state index contributed by atoms with van der Waals surface area (Å²) in [6, 6.07) is 7.16. The Hall–Kier alpha value is -2.05. The predicted octanol–water partition coefficient (Wildman–Crippen LogP) is 5.32. The van der Waals surface area contributed by atoms with Gasteiger partial charge in [-0.1, -0.05) is 38.1 Å². The summed E-state index contributed by atoms with van der Waals surface area (Å²) in [7, 11) is 0. The lowest BCUT2D eigenvalue weighted by Gasteiger charge is -2.53. The number of halogens is 3. The molecule has 33 heavy (non-hydrogen) atoms. The van der Waals surface area contributed by atoms with Crippen LogP contribution >= 0.6 is 0 Å². The fourth-order valence-corrected chi connectivity index (χ4v) is 5.79. The van der Waals surface area contributed by atoms with Gasteiger partial charge in [-0.25, -0.2) is 0 Å². The molecule has 1 aliphatic heterocycles. The number of amides is 2. The first-order chi connectivity index (χ1) is 15.6. The lowest BCUT2D eigenvalue weighted by atomic mass is 9.56. The molecule has 1 heterocycles. The molecular formula is C26H35F3N2O2. The van der Waals surface area contributed by atoms with Gasteiger partial charge >= 0.3 is 6.18 Å². The monoisotopic (exact) mass is 464 g/mol. The molecule has 4 rings (SSSR count). The van der Waals surface area contributed by atoms with Gasteiger partial charge in [0, 0.05) is 26.1 Å². The number of carbonyl (C=O) groups is 2. The average Bonchev–Trinajstić information content (AvgIpc) is 3.60. The molecule has 3 aliphatic rings. The van der Waals surface area contributed by atoms with Crippen LogP contribution in [0.2, 0.25) is 0 Å². The second-order valence-electron chi connectivity index (χ2n) is 10.4. The Kier molecular flexibility index (Phi) is 6.53. The van der Waals surface area contributed by atoms with Crippen molar-refractivity contribution >= 4 is 11.8 Å². The number of hydrogen-bond acceptors (Lipinski definition) is 2. The maximum atomic E-state index is 13.4. The first kappa shape index (κ1) is 24.1. The van der Waals surface area contributed by atoms with Crippen molar-refractivity contribution in [2.45, 2.75) is 82.7 Å². The van der Waals surface area contributed by atoms with Crippen LogP contribution < -0.4 is 5.32 Å². The lowest BCUT2D eigenvalue weighted by molar-refractivity contribution is -0.160. The van der Waals surface area contributed by atoms with E-state index in [4.69, 9.17) is 0 Å². The molecule has 2 amide bonds. The normalized spacial score (nSPS) is 22.5. The molecule has 0 bridgehead atoms. The summed E-state index contributed by atoms with van der Waals surface area (Å²) in [5.41, 5.74) is 0.183. The first-order valence-electron chi connectivity index (χ1n) is 12.4. The molecule has 1 aromatic rings. The molecule has 1 atom stereocenters. The van der Waals surface area contributed by atoms with E-state index in [2.05, 4.69) is 5.32 Å². The summed E-state index contributed by atoms with van der Waals surface area (Å²) in [4.78, 5) is 26.4. The highest BCUT2D eigenvalue weighted by Gasteiger charge is 2.64. The quantitative estimate of drug-likeness (QED) is 0.594. The largest absolute Gasteiger partial charge is 0.398 e. The van der Waals surface area contributed by atoms with E-state index in [1.807, 2.05) is 24.0 Å². The van der Waals surface area contributed by atoms with Crippen molar-refractivity contribution in [2.24, 2.45) is 11.3 Å². The summed E-state index contributed by atoms with van der Waals surface area (Å²) in [6.07, 6.45) is 1.39. The number of nitrogens with one attached hydrogen (secondary N) is 1. The molecule has 0 aromatic heterocycles. The zero-order valence-electron chi connectivity index (χ0n) is 19.6. The summed E-state index contributed by atoms with van der Waals surface area (Å²) in [5, 5.41) is 2.84. The Morgan fingerprint density at radius 2 is 1.67 bits per heavy atom. The molecule has 2 aliphatic carbocycles. The number of likely N-dealkylation sites (tertiary alicyclic amines) is 1. The van der Waals surface area contributed by atoms with Crippen LogP contribution in [0.5, 0.6) is 0 Å². The highest BCUT2D eigenvalue weighted by molar-refractivity contribution is 5.81. The van der Waals surface area contributed by atoms with Crippen molar-refractivity contribution in [3.63, 3.8) is 0 Å². The van der Waals surface area contributed by atoms with Gasteiger partial charge in [0.05, 0.1) is 11.3 Å². The fraction of sp³-hybridized carbons (Fsp3) is 0.692. The van der Waals surface area contributed by atoms with Crippen LogP contribution in [0.25, 0.3) is 0 Å². The van der Waals surface area contributed by atoms with E-state index in [-0.39, 0.29) is 36.0 Å². The Morgan fingerprint density at radius 1 is 1.06 bits per heavy atom. The maximum absolute atomic E-state index is 13.4. The zero-order chi connectivity index (χ0) is 23.9. The second kappa shape index (κ2) is 8.95. The van der Waals surface area contributed by atoms with Gasteiger partial charge < -0.3 is 10.2 Å². The Balaban J connectivity index is 1.28. The number of carbonyl (C=O) groups excluding carboxylic acids is 2. The Labute approximate surface area is 194 Å². The van der Waals surface area contributed by atoms with E-state index < -0.39 is 11.6 Å². The van der Waals surface area contributed by atoms with Crippen LogP contribution in [0, 0.1) is 11.3 Å². The fourth-order valence-electron chi connectivity index (χ4n) is 5.79. The summed E-state index contributed by atoms with van der Waals surface area (Å²) in [5.74, 6) is 0.329. The molecule has 7 heteroatoms. The SMILES string of the molecule is CCC(=O)NCC(CC)C(=O)N1CCC2(CC1)CC(c1ccc(C3(C(F)(F)F)CC3)cc1)C2. The Bertz CT molecular complexity index is 861. The molecule has 1 spiro atoms. The molecule has 0 radical (unpaired) electrons. The van der Waals surface area contributed by atoms with Gasteiger partial charge in [-0.3, -0.25) is 9.59 Å². The van der Waals surface area contributed by atoms with Gasteiger partial charge in [0.25, 0.3) is 0 Å². The zero-order valence-corrected chi connectivity index (χ0v) is 19.6. The Morgan fingerprint density at radius 3 is 2.15 bits per heavy atom. The van der Waals surface area contributed by atoms with Crippen LogP contribution in [0.3, 0.4) is 0 Å². The third-order valence-corrected chi connectivity index (χ3v) is 8.43. The van der Waals surface area contributed by atoms with E-state index in [1.54, 1.807) is 19.1 Å². The van der Waals surface area contributed by atoms with Gasteiger partial charge in [-0.05, 0) is 67.4 Å². The molecule has 3 fully saturated rings. The van der Waals surface area contributed by atoms with E-state index in [1.165, 1.54) is 0 Å². The van der Waals surface area contributed by atoms with Gasteiger partial charge in [-0.15, -0.1) is 0 Å². The standard InChI is InChI=1S/C26H35F3N2O2/c1-3-18(17-30-22(32)4-2)23(33)31-13-11-24(12-14-31)15-20(16-24)19-5-7-21(8-6-19)25(9-10-25)26(27,28)29/h5-8,18,20H,3-4,9-17H2,1-2H3,(H,30,32).